The summed E-state index contributed by atoms with van der Waals surface area (Å²) in [5, 5.41) is 2.61. The van der Waals surface area contributed by atoms with Crippen LogP contribution in [0.15, 0.2) is 18.2 Å². The molecule has 0 saturated carbocycles. The maximum Gasteiger partial charge on any atom is 0.221 e. The third-order valence-electron chi connectivity index (χ3n) is 2.03. The lowest BCUT2D eigenvalue weighted by Gasteiger charge is -2.04. The minimum atomic E-state index is -0.608. The third kappa shape index (κ3) is 6.19. The number of hydrogen-bond acceptors (Lipinski definition) is 2. The van der Waals surface area contributed by atoms with Crippen LogP contribution in [0.25, 0.3) is 0 Å². The van der Waals surface area contributed by atoms with Crippen molar-refractivity contribution in [1.29, 1.82) is 0 Å². The van der Waals surface area contributed by atoms with Crippen molar-refractivity contribution in [2.75, 3.05) is 13.1 Å². The van der Waals surface area contributed by atoms with E-state index in [1.165, 1.54) is 12.1 Å². The Hall–Kier alpha value is -1.20. The van der Waals surface area contributed by atoms with E-state index in [4.69, 9.17) is 5.73 Å². The lowest BCUT2D eigenvalue weighted by Crippen LogP contribution is -2.27. The zero-order valence-corrected chi connectivity index (χ0v) is 10.0. The maximum absolute atomic E-state index is 12.8. The molecular formula is C11H15ClF2N2O. The summed E-state index contributed by atoms with van der Waals surface area (Å²) in [5.74, 6) is -1.37. The van der Waals surface area contributed by atoms with Crippen LogP contribution >= 0.6 is 12.4 Å². The standard InChI is InChI=1S/C11H14F2N2O.ClH/c12-9-5-8(6-10(13)7-9)2-4-15-11(16)1-3-14;/h5-7H,1-4,14H2,(H,15,16);1H. The molecule has 0 aliphatic rings. The Kier molecular flexibility index (Phi) is 7.41. The summed E-state index contributed by atoms with van der Waals surface area (Å²) in [7, 11) is 0. The van der Waals surface area contributed by atoms with Gasteiger partial charge in [0, 0.05) is 25.6 Å². The first-order chi connectivity index (χ1) is 7.61. The lowest BCUT2D eigenvalue weighted by atomic mass is 10.1. The van der Waals surface area contributed by atoms with Crippen LogP contribution in [0.1, 0.15) is 12.0 Å². The predicted octanol–water partition coefficient (Wildman–Crippen LogP) is 1.39. The molecular weight excluding hydrogens is 250 g/mol. The van der Waals surface area contributed by atoms with Crippen molar-refractivity contribution < 1.29 is 13.6 Å². The molecule has 0 aliphatic carbocycles. The number of amides is 1. The first kappa shape index (κ1) is 15.8. The molecule has 1 aromatic rings. The van der Waals surface area contributed by atoms with Crippen molar-refractivity contribution >= 4 is 18.3 Å². The number of carbonyl (C=O) groups is 1. The number of carbonyl (C=O) groups excluding carboxylic acids is 1. The summed E-state index contributed by atoms with van der Waals surface area (Å²) in [6.07, 6.45) is 0.655. The highest BCUT2D eigenvalue weighted by Crippen LogP contribution is 2.07. The number of halogens is 3. The SMILES string of the molecule is Cl.NCCC(=O)NCCc1cc(F)cc(F)c1. The summed E-state index contributed by atoms with van der Waals surface area (Å²) >= 11 is 0. The Balaban J connectivity index is 0.00000256. The number of hydrogen-bond donors (Lipinski definition) is 2. The topological polar surface area (TPSA) is 55.1 Å². The van der Waals surface area contributed by atoms with Crippen molar-refractivity contribution in [2.45, 2.75) is 12.8 Å². The third-order valence-corrected chi connectivity index (χ3v) is 2.03. The minimum Gasteiger partial charge on any atom is -0.356 e. The molecule has 1 amide bonds. The molecule has 3 N–H and O–H groups in total. The molecule has 1 rings (SSSR count). The van der Waals surface area contributed by atoms with E-state index in [1.807, 2.05) is 0 Å². The Morgan fingerprint density at radius 3 is 2.35 bits per heavy atom. The average Bonchev–Trinajstić information content (AvgIpc) is 2.16. The van der Waals surface area contributed by atoms with E-state index in [2.05, 4.69) is 5.32 Å². The fraction of sp³-hybridized carbons (Fsp3) is 0.364. The fourth-order valence-electron chi connectivity index (χ4n) is 1.32. The van der Waals surface area contributed by atoms with Crippen LogP contribution in [0.3, 0.4) is 0 Å². The molecule has 0 fully saturated rings. The molecule has 0 radical (unpaired) electrons. The first-order valence-corrected chi connectivity index (χ1v) is 5.03. The molecule has 17 heavy (non-hydrogen) atoms. The van der Waals surface area contributed by atoms with Crippen molar-refractivity contribution in [3.05, 3.63) is 35.4 Å². The summed E-state index contributed by atoms with van der Waals surface area (Å²) in [4.78, 5) is 11.0. The van der Waals surface area contributed by atoms with Gasteiger partial charge in [-0.3, -0.25) is 4.79 Å². The minimum absolute atomic E-state index is 0. The molecule has 0 bridgehead atoms. The van der Waals surface area contributed by atoms with Crippen LogP contribution in [0.2, 0.25) is 0 Å². The van der Waals surface area contributed by atoms with Crippen LogP contribution in [0.4, 0.5) is 8.78 Å². The van der Waals surface area contributed by atoms with E-state index in [1.54, 1.807) is 0 Å². The smallest absolute Gasteiger partial charge is 0.221 e. The van der Waals surface area contributed by atoms with Gasteiger partial charge in [0.05, 0.1) is 0 Å². The molecule has 0 heterocycles. The summed E-state index contributed by atoms with van der Waals surface area (Å²) in [6, 6.07) is 3.31. The molecule has 3 nitrogen and oxygen atoms in total. The lowest BCUT2D eigenvalue weighted by molar-refractivity contribution is -0.120. The molecule has 0 unspecified atom stereocenters. The molecule has 6 heteroatoms. The largest absolute Gasteiger partial charge is 0.356 e. The van der Waals surface area contributed by atoms with Crippen molar-refractivity contribution in [1.82, 2.24) is 5.32 Å². The molecule has 0 saturated heterocycles. The zero-order chi connectivity index (χ0) is 12.0. The van der Waals surface area contributed by atoms with E-state index in [0.717, 1.165) is 6.07 Å². The van der Waals surface area contributed by atoms with Crippen LogP contribution in [0.5, 0.6) is 0 Å². The van der Waals surface area contributed by atoms with Gasteiger partial charge in [0.2, 0.25) is 5.91 Å². The Bertz CT molecular complexity index is 354. The van der Waals surface area contributed by atoms with Crippen molar-refractivity contribution in [3.63, 3.8) is 0 Å². The van der Waals surface area contributed by atoms with Gasteiger partial charge in [-0.05, 0) is 24.1 Å². The highest BCUT2D eigenvalue weighted by molar-refractivity contribution is 5.85. The maximum atomic E-state index is 12.8. The van der Waals surface area contributed by atoms with E-state index in [-0.39, 0.29) is 24.7 Å². The van der Waals surface area contributed by atoms with Gasteiger partial charge in [0.25, 0.3) is 0 Å². The van der Waals surface area contributed by atoms with Gasteiger partial charge < -0.3 is 11.1 Å². The van der Waals surface area contributed by atoms with E-state index < -0.39 is 11.6 Å². The van der Waals surface area contributed by atoms with E-state index in [9.17, 15) is 13.6 Å². The number of rotatable bonds is 5. The number of benzene rings is 1. The van der Waals surface area contributed by atoms with Crippen LogP contribution in [-0.2, 0) is 11.2 Å². The van der Waals surface area contributed by atoms with Gasteiger partial charge in [-0.25, -0.2) is 8.78 Å². The Morgan fingerprint density at radius 1 is 1.24 bits per heavy atom. The van der Waals surface area contributed by atoms with E-state index in [0.29, 0.717) is 25.1 Å². The van der Waals surface area contributed by atoms with Gasteiger partial charge in [-0.15, -0.1) is 12.4 Å². The second-order valence-electron chi connectivity index (χ2n) is 3.42. The van der Waals surface area contributed by atoms with Crippen LogP contribution < -0.4 is 11.1 Å². The molecule has 0 spiro atoms. The van der Waals surface area contributed by atoms with Gasteiger partial charge in [-0.1, -0.05) is 0 Å². The summed E-state index contributed by atoms with van der Waals surface area (Å²) in [5.41, 5.74) is 5.71. The van der Waals surface area contributed by atoms with Gasteiger partial charge in [-0.2, -0.15) is 0 Å². The molecule has 0 atom stereocenters. The first-order valence-electron chi connectivity index (χ1n) is 5.03. The Morgan fingerprint density at radius 2 is 1.82 bits per heavy atom. The second-order valence-corrected chi connectivity index (χ2v) is 3.42. The van der Waals surface area contributed by atoms with Crippen LogP contribution in [0, 0.1) is 11.6 Å². The predicted molar refractivity (Wildman–Crippen MR) is 64.0 cm³/mol. The molecule has 96 valence electrons. The van der Waals surface area contributed by atoms with Gasteiger partial charge in [0.1, 0.15) is 11.6 Å². The molecule has 1 aromatic carbocycles. The average molecular weight is 265 g/mol. The van der Waals surface area contributed by atoms with Crippen molar-refractivity contribution in [3.8, 4) is 0 Å². The normalized spacial score (nSPS) is 9.59. The van der Waals surface area contributed by atoms with Crippen LogP contribution in [-0.4, -0.2) is 19.0 Å². The second kappa shape index (κ2) is 7.97. The highest BCUT2D eigenvalue weighted by Gasteiger charge is 2.02. The molecule has 0 aromatic heterocycles. The molecule has 0 aliphatic heterocycles. The highest BCUT2D eigenvalue weighted by atomic mass is 35.5. The number of nitrogens with one attached hydrogen (secondary N) is 1. The van der Waals surface area contributed by atoms with Crippen molar-refractivity contribution in [2.24, 2.45) is 5.73 Å². The quantitative estimate of drug-likeness (QED) is 0.845. The van der Waals surface area contributed by atoms with E-state index >= 15 is 0 Å². The monoisotopic (exact) mass is 264 g/mol. The number of nitrogens with two attached hydrogens (primary N) is 1. The summed E-state index contributed by atoms with van der Waals surface area (Å²) in [6.45, 7) is 0.641. The fourth-order valence-corrected chi connectivity index (χ4v) is 1.32. The summed E-state index contributed by atoms with van der Waals surface area (Å²) < 4.78 is 25.6. The van der Waals surface area contributed by atoms with Gasteiger partial charge >= 0.3 is 0 Å². The van der Waals surface area contributed by atoms with Gasteiger partial charge in [0.15, 0.2) is 0 Å². The zero-order valence-electron chi connectivity index (χ0n) is 9.21. The Labute approximate surface area is 105 Å².